The number of hydrogen-bond donors (Lipinski definition) is 3. The van der Waals surface area contributed by atoms with Crippen LogP contribution in [0.2, 0.25) is 0 Å². The number of nitrogen functional groups attached to an aromatic ring is 1. The van der Waals surface area contributed by atoms with Crippen molar-refractivity contribution in [2.45, 2.75) is 43.0 Å². The van der Waals surface area contributed by atoms with Crippen LogP contribution in [-0.4, -0.2) is 26.1 Å². The summed E-state index contributed by atoms with van der Waals surface area (Å²) in [5.41, 5.74) is 6.31. The molecule has 1 atom stereocenters. The lowest BCUT2D eigenvalue weighted by Gasteiger charge is -2.09. The third-order valence-electron chi connectivity index (χ3n) is 3.47. The molecule has 1 aliphatic rings. The number of hydrogen-bond acceptors (Lipinski definition) is 7. The van der Waals surface area contributed by atoms with Gasteiger partial charge >= 0.3 is 0 Å². The Morgan fingerprint density at radius 2 is 2.22 bits per heavy atom. The maximum atomic E-state index is 12.3. The molecule has 4 N–H and O–H groups in total. The third-order valence-corrected chi connectivity index (χ3v) is 5.53. The van der Waals surface area contributed by atoms with E-state index in [0.717, 1.165) is 36.7 Å². The number of thioether (sulfide) groups is 1. The molecule has 3 rings (SSSR count). The van der Waals surface area contributed by atoms with Crippen molar-refractivity contribution in [3.63, 3.8) is 0 Å². The van der Waals surface area contributed by atoms with Crippen LogP contribution in [0.3, 0.4) is 0 Å². The molecule has 23 heavy (non-hydrogen) atoms. The monoisotopic (exact) mass is 351 g/mol. The molecule has 0 aliphatic heterocycles. The zero-order chi connectivity index (χ0) is 16.4. The number of anilines is 2. The fourth-order valence-corrected chi connectivity index (χ4v) is 4.21. The molecule has 0 saturated heterocycles. The van der Waals surface area contributed by atoms with E-state index in [9.17, 15) is 9.59 Å². The number of rotatable bonds is 4. The topological polar surface area (TPSA) is 114 Å². The van der Waals surface area contributed by atoms with Gasteiger partial charge < -0.3 is 16.0 Å². The Kier molecular flexibility index (Phi) is 4.67. The van der Waals surface area contributed by atoms with E-state index in [4.69, 9.17) is 5.73 Å². The number of fused-ring (bicyclic) bond motifs is 1. The molecule has 0 saturated carbocycles. The molecular weight excluding hydrogens is 334 g/mol. The van der Waals surface area contributed by atoms with Gasteiger partial charge in [-0.3, -0.25) is 9.59 Å². The summed E-state index contributed by atoms with van der Waals surface area (Å²) >= 11 is 2.70. The lowest BCUT2D eigenvalue weighted by atomic mass is 10.0. The molecule has 1 amide bonds. The van der Waals surface area contributed by atoms with E-state index in [2.05, 4.69) is 20.3 Å². The number of aryl methyl sites for hydroxylation is 2. The Balaban J connectivity index is 1.65. The molecule has 9 heteroatoms. The first-order valence-corrected chi connectivity index (χ1v) is 9.04. The number of carbonyl (C=O) groups excluding carboxylic acids is 1. The first kappa shape index (κ1) is 16.0. The van der Waals surface area contributed by atoms with Gasteiger partial charge in [-0.15, -0.1) is 11.3 Å². The summed E-state index contributed by atoms with van der Waals surface area (Å²) in [5.74, 6) is -0.0392. The summed E-state index contributed by atoms with van der Waals surface area (Å²) in [7, 11) is 0. The van der Waals surface area contributed by atoms with Crippen LogP contribution in [-0.2, 0) is 17.6 Å². The van der Waals surface area contributed by atoms with Crippen LogP contribution in [0.5, 0.6) is 0 Å². The second-order valence-corrected chi connectivity index (χ2v) is 7.73. The van der Waals surface area contributed by atoms with Crippen LogP contribution in [0.4, 0.5) is 10.9 Å². The Morgan fingerprint density at radius 1 is 1.43 bits per heavy atom. The quantitative estimate of drug-likeness (QED) is 0.572. The van der Waals surface area contributed by atoms with E-state index in [1.54, 1.807) is 18.3 Å². The molecule has 2 aromatic heterocycles. The van der Waals surface area contributed by atoms with Crippen molar-refractivity contribution in [3.05, 3.63) is 27.0 Å². The van der Waals surface area contributed by atoms with E-state index in [1.807, 2.05) is 0 Å². The number of nitrogens with zero attached hydrogens (tertiary/aromatic N) is 2. The molecule has 0 unspecified atom stereocenters. The molecule has 2 aromatic rings. The van der Waals surface area contributed by atoms with E-state index in [0.29, 0.717) is 10.3 Å². The molecule has 7 nitrogen and oxygen atoms in total. The van der Waals surface area contributed by atoms with Gasteiger partial charge in [-0.1, -0.05) is 11.8 Å². The Morgan fingerprint density at radius 3 is 2.96 bits per heavy atom. The van der Waals surface area contributed by atoms with Gasteiger partial charge in [-0.2, -0.15) is 0 Å². The van der Waals surface area contributed by atoms with Gasteiger partial charge in [0, 0.05) is 10.9 Å². The summed E-state index contributed by atoms with van der Waals surface area (Å²) in [5, 5.41) is 3.39. The molecule has 1 aliphatic carbocycles. The highest BCUT2D eigenvalue weighted by molar-refractivity contribution is 8.00. The van der Waals surface area contributed by atoms with Crippen LogP contribution in [0.15, 0.2) is 16.0 Å². The van der Waals surface area contributed by atoms with Gasteiger partial charge in [-0.05, 0) is 32.6 Å². The first-order chi connectivity index (χ1) is 11.0. The Bertz CT molecular complexity index is 762. The minimum absolute atomic E-state index is 0.136. The van der Waals surface area contributed by atoms with Crippen molar-refractivity contribution in [2.24, 2.45) is 0 Å². The van der Waals surface area contributed by atoms with Gasteiger partial charge in [0.2, 0.25) is 5.91 Å². The number of thiazole rings is 1. The van der Waals surface area contributed by atoms with Crippen LogP contribution in [0, 0.1) is 0 Å². The predicted molar refractivity (Wildman–Crippen MR) is 92.0 cm³/mol. The van der Waals surface area contributed by atoms with Crippen LogP contribution in [0.25, 0.3) is 0 Å². The predicted octanol–water partition coefficient (Wildman–Crippen LogP) is 1.81. The largest absolute Gasteiger partial charge is 0.383 e. The van der Waals surface area contributed by atoms with Crippen LogP contribution in [0.1, 0.15) is 30.3 Å². The SMILES string of the molecule is C[C@@H](Sc1nc(N)cc(=O)[nH]1)C(=O)Nc1nc2c(s1)CCCC2. The number of nitrogens with one attached hydrogen (secondary N) is 2. The highest BCUT2D eigenvalue weighted by Crippen LogP contribution is 2.30. The fourth-order valence-electron chi connectivity index (χ4n) is 2.34. The second kappa shape index (κ2) is 6.71. The lowest BCUT2D eigenvalue weighted by Crippen LogP contribution is -2.23. The van der Waals surface area contributed by atoms with Gasteiger partial charge in [0.05, 0.1) is 10.9 Å². The lowest BCUT2D eigenvalue weighted by molar-refractivity contribution is -0.115. The van der Waals surface area contributed by atoms with Crippen LogP contribution < -0.4 is 16.6 Å². The number of aromatic nitrogens is 3. The number of amides is 1. The standard InChI is InChI=1S/C14H17N5O2S2/c1-7(22-14-17-10(15)6-11(20)18-14)12(21)19-13-16-8-4-2-3-5-9(8)23-13/h6-7H,2-5H2,1H3,(H,16,19,21)(H3,15,17,18,20)/t7-/m1/s1. The minimum Gasteiger partial charge on any atom is -0.383 e. The normalized spacial score (nSPS) is 15.0. The van der Waals surface area contributed by atoms with Crippen molar-refractivity contribution in [1.82, 2.24) is 15.0 Å². The van der Waals surface area contributed by atoms with Gasteiger partial charge in [-0.25, -0.2) is 9.97 Å². The Hall–Kier alpha value is -1.87. The first-order valence-electron chi connectivity index (χ1n) is 7.34. The van der Waals surface area contributed by atoms with Gasteiger partial charge in [0.1, 0.15) is 5.82 Å². The highest BCUT2D eigenvalue weighted by Gasteiger charge is 2.20. The number of carbonyl (C=O) groups is 1. The van der Waals surface area contributed by atoms with Gasteiger partial charge in [0.25, 0.3) is 5.56 Å². The smallest absolute Gasteiger partial charge is 0.253 e. The average Bonchev–Trinajstić information content (AvgIpc) is 2.88. The summed E-state index contributed by atoms with van der Waals surface area (Å²) in [6.07, 6.45) is 4.37. The maximum Gasteiger partial charge on any atom is 0.253 e. The van der Waals surface area contributed by atoms with E-state index < -0.39 is 5.25 Å². The molecule has 0 radical (unpaired) electrons. The number of aromatic amines is 1. The Labute approximate surface area is 141 Å². The van der Waals surface area contributed by atoms with E-state index in [-0.39, 0.29) is 17.3 Å². The zero-order valence-electron chi connectivity index (χ0n) is 12.6. The summed E-state index contributed by atoms with van der Waals surface area (Å²) < 4.78 is 0. The summed E-state index contributed by atoms with van der Waals surface area (Å²) in [6.45, 7) is 1.75. The fraction of sp³-hybridized carbons (Fsp3) is 0.429. The molecule has 0 aromatic carbocycles. The molecule has 0 spiro atoms. The van der Waals surface area contributed by atoms with E-state index in [1.165, 1.54) is 17.4 Å². The molecule has 0 bridgehead atoms. The third kappa shape index (κ3) is 3.91. The molecular formula is C14H17N5O2S2. The van der Waals surface area contributed by atoms with Crippen molar-refractivity contribution in [1.29, 1.82) is 0 Å². The molecule has 2 heterocycles. The zero-order valence-corrected chi connectivity index (χ0v) is 14.2. The molecule has 122 valence electrons. The van der Waals surface area contributed by atoms with Gasteiger partial charge in [0.15, 0.2) is 10.3 Å². The molecule has 0 fully saturated rings. The highest BCUT2D eigenvalue weighted by atomic mass is 32.2. The maximum absolute atomic E-state index is 12.3. The van der Waals surface area contributed by atoms with Crippen molar-refractivity contribution in [3.8, 4) is 0 Å². The summed E-state index contributed by atoms with van der Waals surface area (Å²) in [6, 6.07) is 1.20. The van der Waals surface area contributed by atoms with Crippen molar-refractivity contribution < 1.29 is 4.79 Å². The van der Waals surface area contributed by atoms with E-state index >= 15 is 0 Å². The second-order valence-electron chi connectivity index (χ2n) is 5.32. The average molecular weight is 351 g/mol. The number of H-pyrrole nitrogens is 1. The number of nitrogens with two attached hydrogens (primary N) is 1. The minimum atomic E-state index is -0.430. The van der Waals surface area contributed by atoms with Crippen molar-refractivity contribution in [2.75, 3.05) is 11.1 Å². The summed E-state index contributed by atoms with van der Waals surface area (Å²) in [4.78, 5) is 36.0. The van der Waals surface area contributed by atoms with Crippen LogP contribution >= 0.6 is 23.1 Å². The van der Waals surface area contributed by atoms with Crippen molar-refractivity contribution >= 4 is 40.0 Å².